The Hall–Kier alpha value is -0.0100. The smallest absolute Gasteiger partial charge is 0.0151 e. The van der Waals surface area contributed by atoms with E-state index in [0.717, 1.165) is 11.5 Å². The van der Waals surface area contributed by atoms with E-state index >= 15 is 0 Å². The van der Waals surface area contributed by atoms with Crippen LogP contribution in [-0.4, -0.2) is 6.54 Å². The third-order valence-electron chi connectivity index (χ3n) is 0.677. The van der Waals surface area contributed by atoms with Gasteiger partial charge in [0, 0.05) is 11.6 Å². The molecule has 0 bridgehead atoms. The van der Waals surface area contributed by atoms with Gasteiger partial charge in [0.25, 0.3) is 0 Å². The summed E-state index contributed by atoms with van der Waals surface area (Å²) in [6.07, 6.45) is 2.69. The highest BCUT2D eigenvalue weighted by molar-refractivity contribution is 6.29. The Balaban J connectivity index is 3.29. The monoisotopic (exact) mass is 119 g/mol. The summed E-state index contributed by atoms with van der Waals surface area (Å²) in [5, 5.41) is 0.850. The first-order chi connectivity index (χ1) is 3.31. The minimum atomic E-state index is 0.548. The molecule has 0 aromatic heterocycles. The van der Waals surface area contributed by atoms with Crippen molar-refractivity contribution in [2.24, 2.45) is 5.73 Å². The summed E-state index contributed by atoms with van der Waals surface area (Å²) >= 11 is 5.55. The van der Waals surface area contributed by atoms with Crippen molar-refractivity contribution in [2.75, 3.05) is 6.54 Å². The second-order valence-corrected chi connectivity index (χ2v) is 1.73. The van der Waals surface area contributed by atoms with Crippen LogP contribution >= 0.6 is 11.6 Å². The van der Waals surface area contributed by atoms with Crippen molar-refractivity contribution in [3.05, 3.63) is 11.1 Å². The van der Waals surface area contributed by atoms with Gasteiger partial charge in [0.15, 0.2) is 0 Å². The lowest BCUT2D eigenvalue weighted by atomic mass is 10.4. The molecule has 7 heavy (non-hydrogen) atoms. The molecule has 2 heteroatoms. The molecule has 2 N–H and O–H groups in total. The van der Waals surface area contributed by atoms with E-state index in [-0.39, 0.29) is 0 Å². The standard InChI is InChI=1S/C5H10ClN/c1-2-5(6)3-4-7/h3H,2,4,7H2,1H3/b5-3-. The highest BCUT2D eigenvalue weighted by Crippen LogP contribution is 2.02. The second kappa shape index (κ2) is 4.16. The lowest BCUT2D eigenvalue weighted by molar-refractivity contribution is 1.15. The molecule has 0 aliphatic carbocycles. The van der Waals surface area contributed by atoms with Crippen LogP contribution in [0.3, 0.4) is 0 Å². The molecule has 0 aliphatic rings. The van der Waals surface area contributed by atoms with Crippen LogP contribution in [0.2, 0.25) is 0 Å². The molecule has 0 saturated heterocycles. The van der Waals surface area contributed by atoms with Crippen LogP contribution in [0.25, 0.3) is 0 Å². The topological polar surface area (TPSA) is 26.0 Å². The average molecular weight is 120 g/mol. The Morgan fingerprint density at radius 2 is 2.43 bits per heavy atom. The summed E-state index contributed by atoms with van der Waals surface area (Å²) in [6, 6.07) is 0. The molecule has 0 aromatic carbocycles. The highest BCUT2D eigenvalue weighted by Gasteiger charge is 1.80. The van der Waals surface area contributed by atoms with Crippen molar-refractivity contribution in [2.45, 2.75) is 13.3 Å². The third kappa shape index (κ3) is 3.83. The fourth-order valence-electron chi connectivity index (χ4n) is 0.272. The van der Waals surface area contributed by atoms with E-state index in [0.29, 0.717) is 6.54 Å². The first kappa shape index (κ1) is 6.99. The number of nitrogens with two attached hydrogens (primary N) is 1. The second-order valence-electron chi connectivity index (χ2n) is 1.24. The van der Waals surface area contributed by atoms with Gasteiger partial charge in [-0.3, -0.25) is 0 Å². The van der Waals surface area contributed by atoms with E-state index in [9.17, 15) is 0 Å². The average Bonchev–Trinajstić information content (AvgIpc) is 1.68. The van der Waals surface area contributed by atoms with Gasteiger partial charge in [0.2, 0.25) is 0 Å². The SMILES string of the molecule is CC/C(Cl)=C/CN. The molecule has 0 fully saturated rings. The maximum absolute atomic E-state index is 5.55. The molecule has 0 aliphatic heterocycles. The third-order valence-corrected chi connectivity index (χ3v) is 1.10. The molecular formula is C5H10ClN. The molecule has 0 rings (SSSR count). The van der Waals surface area contributed by atoms with Gasteiger partial charge in [-0.25, -0.2) is 0 Å². The minimum absolute atomic E-state index is 0.548. The molecule has 0 radical (unpaired) electrons. The molecule has 0 unspecified atom stereocenters. The van der Waals surface area contributed by atoms with Gasteiger partial charge in [-0.05, 0) is 6.42 Å². The van der Waals surface area contributed by atoms with Crippen molar-refractivity contribution in [3.63, 3.8) is 0 Å². The molecule has 1 nitrogen and oxygen atoms in total. The van der Waals surface area contributed by atoms with Crippen LogP contribution in [0.4, 0.5) is 0 Å². The van der Waals surface area contributed by atoms with Gasteiger partial charge in [-0.15, -0.1) is 0 Å². The fraction of sp³-hybridized carbons (Fsp3) is 0.600. The van der Waals surface area contributed by atoms with E-state index in [1.807, 2.05) is 13.0 Å². The summed E-state index contributed by atoms with van der Waals surface area (Å²) in [5.74, 6) is 0. The van der Waals surface area contributed by atoms with E-state index in [1.165, 1.54) is 0 Å². The maximum Gasteiger partial charge on any atom is 0.0151 e. The van der Waals surface area contributed by atoms with E-state index < -0.39 is 0 Å². The van der Waals surface area contributed by atoms with Crippen LogP contribution in [0, 0.1) is 0 Å². The molecule has 0 heterocycles. The van der Waals surface area contributed by atoms with E-state index in [2.05, 4.69) is 0 Å². The number of hydrogen-bond donors (Lipinski definition) is 1. The van der Waals surface area contributed by atoms with Crippen molar-refractivity contribution >= 4 is 11.6 Å². The lowest BCUT2D eigenvalue weighted by Gasteiger charge is -1.85. The molecular weight excluding hydrogens is 110 g/mol. The molecule has 0 atom stereocenters. The van der Waals surface area contributed by atoms with Gasteiger partial charge >= 0.3 is 0 Å². The Morgan fingerprint density at radius 3 is 2.57 bits per heavy atom. The number of halogens is 1. The van der Waals surface area contributed by atoms with E-state index in [4.69, 9.17) is 17.3 Å². The normalized spacial score (nSPS) is 12.1. The summed E-state index contributed by atoms with van der Waals surface area (Å²) in [6.45, 7) is 2.54. The van der Waals surface area contributed by atoms with Crippen LogP contribution < -0.4 is 5.73 Å². The zero-order valence-corrected chi connectivity index (χ0v) is 5.20. The summed E-state index contributed by atoms with van der Waals surface area (Å²) < 4.78 is 0. The Labute approximate surface area is 49.2 Å². The Kier molecular flexibility index (Phi) is 4.15. The molecule has 0 saturated carbocycles. The molecule has 0 amide bonds. The van der Waals surface area contributed by atoms with Gasteiger partial charge in [-0.2, -0.15) is 0 Å². The van der Waals surface area contributed by atoms with Gasteiger partial charge in [-0.1, -0.05) is 24.6 Å². The quantitative estimate of drug-likeness (QED) is 0.586. The first-order valence-electron chi connectivity index (χ1n) is 2.35. The van der Waals surface area contributed by atoms with Gasteiger partial charge in [0.05, 0.1) is 0 Å². The number of hydrogen-bond acceptors (Lipinski definition) is 1. The van der Waals surface area contributed by atoms with Crippen LogP contribution in [0.1, 0.15) is 13.3 Å². The largest absolute Gasteiger partial charge is 0.327 e. The predicted octanol–water partition coefficient (Wildman–Crippen LogP) is 1.48. The van der Waals surface area contributed by atoms with Crippen molar-refractivity contribution in [1.29, 1.82) is 0 Å². The predicted molar refractivity (Wildman–Crippen MR) is 33.3 cm³/mol. The summed E-state index contributed by atoms with van der Waals surface area (Å²) in [5.41, 5.74) is 5.14. The summed E-state index contributed by atoms with van der Waals surface area (Å²) in [4.78, 5) is 0. The number of allylic oxidation sites excluding steroid dienone is 1. The minimum Gasteiger partial charge on any atom is -0.327 e. The zero-order chi connectivity index (χ0) is 5.70. The fourth-order valence-corrected chi connectivity index (χ4v) is 0.361. The van der Waals surface area contributed by atoms with Gasteiger partial charge < -0.3 is 5.73 Å². The number of rotatable bonds is 2. The van der Waals surface area contributed by atoms with Gasteiger partial charge in [0.1, 0.15) is 0 Å². The maximum atomic E-state index is 5.55. The highest BCUT2D eigenvalue weighted by atomic mass is 35.5. The Morgan fingerprint density at radius 1 is 1.86 bits per heavy atom. The van der Waals surface area contributed by atoms with E-state index in [1.54, 1.807) is 0 Å². The van der Waals surface area contributed by atoms with Crippen molar-refractivity contribution in [1.82, 2.24) is 0 Å². The van der Waals surface area contributed by atoms with Crippen molar-refractivity contribution in [3.8, 4) is 0 Å². The van der Waals surface area contributed by atoms with Crippen LogP contribution in [-0.2, 0) is 0 Å². The zero-order valence-electron chi connectivity index (χ0n) is 4.45. The molecule has 0 spiro atoms. The molecule has 0 aromatic rings. The van der Waals surface area contributed by atoms with Crippen LogP contribution in [0.15, 0.2) is 11.1 Å². The summed E-state index contributed by atoms with van der Waals surface area (Å²) in [7, 11) is 0. The first-order valence-corrected chi connectivity index (χ1v) is 2.73. The molecule has 42 valence electrons. The lowest BCUT2D eigenvalue weighted by Crippen LogP contribution is -1.93. The van der Waals surface area contributed by atoms with Crippen molar-refractivity contribution < 1.29 is 0 Å². The van der Waals surface area contributed by atoms with Crippen LogP contribution in [0.5, 0.6) is 0 Å². The Bertz CT molecular complexity index is 68.5.